The summed E-state index contributed by atoms with van der Waals surface area (Å²) >= 11 is 0. The molecule has 2 rings (SSSR count). The Labute approximate surface area is 84.6 Å². The van der Waals surface area contributed by atoms with Crippen LogP contribution >= 0.6 is 0 Å². The normalized spacial score (nSPS) is 10.2. The molecule has 0 aliphatic heterocycles. The second-order valence-corrected chi connectivity index (χ2v) is 3.07. The van der Waals surface area contributed by atoms with Crippen molar-refractivity contribution in [2.24, 2.45) is 0 Å². The molecule has 0 aliphatic rings. The molecule has 0 radical (unpaired) electrons. The number of anilines is 1. The van der Waals surface area contributed by atoms with E-state index in [9.17, 15) is 9.18 Å². The minimum Gasteiger partial charge on any atom is -0.399 e. The first-order chi connectivity index (χ1) is 7.16. The van der Waals surface area contributed by atoms with E-state index in [1.54, 1.807) is 6.07 Å². The van der Waals surface area contributed by atoms with E-state index in [1.165, 1.54) is 24.4 Å². The van der Waals surface area contributed by atoms with Crippen LogP contribution in [0.4, 0.5) is 10.1 Å². The molecule has 76 valence electrons. The van der Waals surface area contributed by atoms with Gasteiger partial charge in [0.1, 0.15) is 5.82 Å². The largest absolute Gasteiger partial charge is 0.399 e. The SMILES string of the molecule is Nc1ccc(-c2cn[nH]c(=O)c2)c(F)c1. The number of aromatic nitrogens is 2. The lowest BCUT2D eigenvalue weighted by Gasteiger charge is -2.02. The number of halogens is 1. The fourth-order valence-corrected chi connectivity index (χ4v) is 1.29. The molecule has 2 aromatic rings. The van der Waals surface area contributed by atoms with Gasteiger partial charge < -0.3 is 5.73 Å². The van der Waals surface area contributed by atoms with Gasteiger partial charge in [-0.05, 0) is 18.2 Å². The lowest BCUT2D eigenvalue weighted by atomic mass is 10.1. The average molecular weight is 205 g/mol. The predicted octanol–water partition coefficient (Wildman–Crippen LogP) is 1.16. The number of nitrogens with zero attached hydrogens (tertiary/aromatic N) is 1. The lowest BCUT2D eigenvalue weighted by Crippen LogP contribution is -2.06. The highest BCUT2D eigenvalue weighted by atomic mass is 19.1. The first-order valence-corrected chi connectivity index (χ1v) is 4.27. The molecule has 3 N–H and O–H groups in total. The van der Waals surface area contributed by atoms with E-state index < -0.39 is 5.82 Å². The van der Waals surface area contributed by atoms with Gasteiger partial charge in [-0.15, -0.1) is 0 Å². The van der Waals surface area contributed by atoms with Gasteiger partial charge in [0, 0.05) is 22.9 Å². The molecule has 15 heavy (non-hydrogen) atoms. The number of benzene rings is 1. The van der Waals surface area contributed by atoms with Crippen molar-refractivity contribution in [2.45, 2.75) is 0 Å². The Morgan fingerprint density at radius 2 is 2.13 bits per heavy atom. The number of hydrogen-bond acceptors (Lipinski definition) is 3. The zero-order valence-electron chi connectivity index (χ0n) is 7.70. The second-order valence-electron chi connectivity index (χ2n) is 3.07. The van der Waals surface area contributed by atoms with Gasteiger partial charge >= 0.3 is 0 Å². The topological polar surface area (TPSA) is 71.8 Å². The van der Waals surface area contributed by atoms with Crippen LogP contribution in [0.15, 0.2) is 35.3 Å². The summed E-state index contributed by atoms with van der Waals surface area (Å²) in [5, 5.41) is 5.81. The first kappa shape index (κ1) is 9.39. The summed E-state index contributed by atoms with van der Waals surface area (Å²) in [5.74, 6) is -0.470. The third kappa shape index (κ3) is 1.85. The third-order valence-electron chi connectivity index (χ3n) is 1.97. The van der Waals surface area contributed by atoms with Crippen molar-refractivity contribution in [2.75, 3.05) is 5.73 Å². The van der Waals surface area contributed by atoms with E-state index >= 15 is 0 Å². The number of hydrogen-bond donors (Lipinski definition) is 2. The highest BCUT2D eigenvalue weighted by Gasteiger charge is 2.05. The Morgan fingerprint density at radius 1 is 1.33 bits per heavy atom. The van der Waals surface area contributed by atoms with Crippen LogP contribution in [0.3, 0.4) is 0 Å². The maximum atomic E-state index is 13.4. The van der Waals surface area contributed by atoms with Crippen molar-refractivity contribution in [3.05, 3.63) is 46.6 Å². The van der Waals surface area contributed by atoms with E-state index in [-0.39, 0.29) is 5.56 Å². The van der Waals surface area contributed by atoms with Gasteiger partial charge in [0.15, 0.2) is 0 Å². The Morgan fingerprint density at radius 3 is 2.80 bits per heavy atom. The Bertz CT molecular complexity index is 550. The standard InChI is InChI=1S/C10H8FN3O/c11-9-4-7(12)1-2-8(9)6-3-10(15)14-13-5-6/h1-5H,12H2,(H,14,15). The molecule has 0 aliphatic carbocycles. The molecular weight excluding hydrogens is 197 g/mol. The molecule has 0 spiro atoms. The monoisotopic (exact) mass is 205 g/mol. The van der Waals surface area contributed by atoms with Gasteiger partial charge in [0.05, 0.1) is 6.20 Å². The Balaban J connectivity index is 2.59. The molecule has 1 aromatic heterocycles. The van der Waals surface area contributed by atoms with Crippen LogP contribution in [0.2, 0.25) is 0 Å². The van der Waals surface area contributed by atoms with Gasteiger partial charge in [-0.3, -0.25) is 4.79 Å². The van der Waals surface area contributed by atoms with E-state index in [1.807, 2.05) is 0 Å². The van der Waals surface area contributed by atoms with E-state index in [0.29, 0.717) is 16.8 Å². The fraction of sp³-hybridized carbons (Fsp3) is 0. The van der Waals surface area contributed by atoms with Crippen molar-refractivity contribution in [1.82, 2.24) is 10.2 Å². The number of nitrogens with one attached hydrogen (secondary N) is 1. The fourth-order valence-electron chi connectivity index (χ4n) is 1.29. The van der Waals surface area contributed by atoms with Gasteiger partial charge in [-0.25, -0.2) is 9.49 Å². The zero-order chi connectivity index (χ0) is 10.8. The van der Waals surface area contributed by atoms with Crippen molar-refractivity contribution < 1.29 is 4.39 Å². The van der Waals surface area contributed by atoms with Gasteiger partial charge in [0.2, 0.25) is 0 Å². The molecule has 0 unspecified atom stereocenters. The molecule has 0 amide bonds. The molecule has 0 saturated carbocycles. The van der Waals surface area contributed by atoms with E-state index in [0.717, 1.165) is 0 Å². The Hall–Kier alpha value is -2.17. The van der Waals surface area contributed by atoms with Crippen LogP contribution in [-0.2, 0) is 0 Å². The summed E-state index contributed by atoms with van der Waals surface area (Å²) in [6.07, 6.45) is 1.38. The predicted molar refractivity (Wildman–Crippen MR) is 54.7 cm³/mol. The van der Waals surface area contributed by atoms with E-state index in [4.69, 9.17) is 5.73 Å². The number of nitrogen functional groups attached to an aromatic ring is 1. The quantitative estimate of drug-likeness (QED) is 0.686. The molecule has 4 nitrogen and oxygen atoms in total. The number of H-pyrrole nitrogens is 1. The van der Waals surface area contributed by atoms with Crippen molar-refractivity contribution in [3.63, 3.8) is 0 Å². The zero-order valence-corrected chi connectivity index (χ0v) is 7.70. The summed E-state index contributed by atoms with van der Waals surface area (Å²) < 4.78 is 13.4. The molecule has 5 heteroatoms. The number of aromatic amines is 1. The van der Waals surface area contributed by atoms with Crippen LogP contribution in [0.25, 0.3) is 11.1 Å². The van der Waals surface area contributed by atoms with Gasteiger partial charge in [0.25, 0.3) is 5.56 Å². The molecule has 0 bridgehead atoms. The molecule has 1 aromatic carbocycles. The molecule has 0 saturated heterocycles. The van der Waals surface area contributed by atoms with Crippen molar-refractivity contribution in [1.29, 1.82) is 0 Å². The summed E-state index contributed by atoms with van der Waals surface area (Å²) in [6.45, 7) is 0. The molecule has 0 fully saturated rings. The maximum Gasteiger partial charge on any atom is 0.264 e. The van der Waals surface area contributed by atoms with Crippen LogP contribution in [0.1, 0.15) is 0 Å². The minimum absolute atomic E-state index is 0.308. The average Bonchev–Trinajstić information content (AvgIpc) is 2.17. The molecule has 0 atom stereocenters. The summed E-state index contributed by atoms with van der Waals surface area (Å²) in [5.41, 5.74) is 6.12. The van der Waals surface area contributed by atoms with Crippen molar-refractivity contribution >= 4 is 5.69 Å². The van der Waals surface area contributed by atoms with Gasteiger partial charge in [-0.2, -0.15) is 5.10 Å². The van der Waals surface area contributed by atoms with E-state index in [2.05, 4.69) is 10.2 Å². The second kappa shape index (κ2) is 3.53. The molecular formula is C10H8FN3O. The van der Waals surface area contributed by atoms with Crippen LogP contribution in [-0.4, -0.2) is 10.2 Å². The Kier molecular flexibility index (Phi) is 2.21. The highest BCUT2D eigenvalue weighted by molar-refractivity contribution is 5.65. The van der Waals surface area contributed by atoms with Crippen molar-refractivity contribution in [3.8, 4) is 11.1 Å². The smallest absolute Gasteiger partial charge is 0.264 e. The summed E-state index contributed by atoms with van der Waals surface area (Å²) in [4.78, 5) is 11.0. The maximum absolute atomic E-state index is 13.4. The third-order valence-corrected chi connectivity index (χ3v) is 1.97. The number of rotatable bonds is 1. The highest BCUT2D eigenvalue weighted by Crippen LogP contribution is 2.22. The summed E-state index contributed by atoms with van der Waals surface area (Å²) in [7, 11) is 0. The minimum atomic E-state index is -0.470. The van der Waals surface area contributed by atoms with Crippen LogP contribution in [0.5, 0.6) is 0 Å². The van der Waals surface area contributed by atoms with Crippen LogP contribution < -0.4 is 11.3 Å². The number of nitrogens with two attached hydrogens (primary N) is 1. The summed E-state index contributed by atoms with van der Waals surface area (Å²) in [6, 6.07) is 5.57. The first-order valence-electron chi connectivity index (χ1n) is 4.27. The van der Waals surface area contributed by atoms with Crippen LogP contribution in [0, 0.1) is 5.82 Å². The van der Waals surface area contributed by atoms with Gasteiger partial charge in [-0.1, -0.05) is 0 Å². The molecule has 1 heterocycles. The lowest BCUT2D eigenvalue weighted by molar-refractivity contribution is 0.632.